The van der Waals surface area contributed by atoms with E-state index in [4.69, 9.17) is 5.73 Å². The molecule has 1 amide bonds. The maximum Gasteiger partial charge on any atom is 0.255 e. The number of pyridine rings is 1. The number of benzene rings is 1. The Balaban J connectivity index is 1.51. The standard InChI is InChI=1S/C20H21N3OS/c21-14-20(16-4-2-1-3-5-16)7-9-23(10-8-20)19(24)15-12-18-17(22-13-15)6-11-25-18/h1-6,11-13H,7-10,14,21H2. The number of fused-ring (bicyclic) bond motifs is 1. The van der Waals surface area contributed by atoms with E-state index in [1.165, 1.54) is 5.56 Å². The third-order valence-electron chi connectivity index (χ3n) is 5.33. The molecule has 3 aromatic rings. The molecule has 0 unspecified atom stereocenters. The molecule has 1 saturated heterocycles. The quantitative estimate of drug-likeness (QED) is 0.786. The molecule has 4 rings (SSSR count). The molecule has 1 aliphatic rings. The number of nitrogens with zero attached hydrogens (tertiary/aromatic N) is 2. The zero-order valence-corrected chi connectivity index (χ0v) is 14.8. The Hall–Kier alpha value is -2.24. The van der Waals surface area contributed by atoms with Crippen LogP contribution in [0.25, 0.3) is 10.2 Å². The maximum absolute atomic E-state index is 12.9. The van der Waals surface area contributed by atoms with E-state index < -0.39 is 0 Å². The second kappa shape index (κ2) is 6.58. The van der Waals surface area contributed by atoms with Gasteiger partial charge in [0, 0.05) is 31.2 Å². The molecule has 5 heteroatoms. The maximum atomic E-state index is 12.9. The van der Waals surface area contributed by atoms with Crippen LogP contribution in [0.4, 0.5) is 0 Å². The van der Waals surface area contributed by atoms with Gasteiger partial charge in [0.1, 0.15) is 0 Å². The highest BCUT2D eigenvalue weighted by Gasteiger charge is 2.36. The largest absolute Gasteiger partial charge is 0.339 e. The summed E-state index contributed by atoms with van der Waals surface area (Å²) >= 11 is 1.62. The summed E-state index contributed by atoms with van der Waals surface area (Å²) in [4.78, 5) is 19.2. The number of carbonyl (C=O) groups is 1. The number of piperidine rings is 1. The van der Waals surface area contributed by atoms with Gasteiger partial charge in [0.15, 0.2) is 0 Å². The van der Waals surface area contributed by atoms with Crippen molar-refractivity contribution in [3.63, 3.8) is 0 Å². The molecule has 3 heterocycles. The number of nitrogens with two attached hydrogens (primary N) is 1. The Bertz CT molecular complexity index is 882. The minimum absolute atomic E-state index is 0.0198. The van der Waals surface area contributed by atoms with Crippen LogP contribution < -0.4 is 5.73 Å². The van der Waals surface area contributed by atoms with Crippen molar-refractivity contribution in [1.82, 2.24) is 9.88 Å². The predicted octanol–water partition coefficient (Wildman–Crippen LogP) is 3.43. The normalized spacial score (nSPS) is 16.9. The highest BCUT2D eigenvalue weighted by atomic mass is 32.1. The van der Waals surface area contributed by atoms with Crippen molar-refractivity contribution in [1.29, 1.82) is 0 Å². The lowest BCUT2D eigenvalue weighted by Crippen LogP contribution is -2.48. The van der Waals surface area contributed by atoms with Gasteiger partial charge in [-0.05, 0) is 35.9 Å². The second-order valence-electron chi connectivity index (χ2n) is 6.67. The zero-order chi connectivity index (χ0) is 17.3. The summed E-state index contributed by atoms with van der Waals surface area (Å²) in [5, 5.41) is 2.00. The van der Waals surface area contributed by atoms with Crippen molar-refractivity contribution in [2.45, 2.75) is 18.3 Å². The molecule has 1 fully saturated rings. The monoisotopic (exact) mass is 351 g/mol. The first-order valence-corrected chi connectivity index (χ1v) is 9.48. The van der Waals surface area contributed by atoms with E-state index in [1.807, 2.05) is 28.5 Å². The van der Waals surface area contributed by atoms with Gasteiger partial charge in [-0.2, -0.15) is 0 Å². The topological polar surface area (TPSA) is 59.2 Å². The average molecular weight is 351 g/mol. The van der Waals surface area contributed by atoms with Crippen LogP contribution in [0.15, 0.2) is 54.0 Å². The fraction of sp³-hybridized carbons (Fsp3) is 0.300. The number of aromatic nitrogens is 1. The van der Waals surface area contributed by atoms with Crippen molar-refractivity contribution < 1.29 is 4.79 Å². The number of amides is 1. The van der Waals surface area contributed by atoms with Crippen LogP contribution in [0.5, 0.6) is 0 Å². The molecule has 0 saturated carbocycles. The van der Waals surface area contributed by atoms with E-state index in [0.717, 1.165) is 36.1 Å². The highest BCUT2D eigenvalue weighted by Crippen LogP contribution is 2.35. The first kappa shape index (κ1) is 16.2. The van der Waals surface area contributed by atoms with Crippen LogP contribution in [0, 0.1) is 0 Å². The lowest BCUT2D eigenvalue weighted by Gasteiger charge is -2.41. The molecule has 0 bridgehead atoms. The third kappa shape index (κ3) is 2.94. The van der Waals surface area contributed by atoms with E-state index in [9.17, 15) is 4.79 Å². The summed E-state index contributed by atoms with van der Waals surface area (Å²) in [6.07, 6.45) is 3.49. The van der Waals surface area contributed by atoms with Crippen molar-refractivity contribution in [3.05, 3.63) is 65.2 Å². The first-order chi connectivity index (χ1) is 12.2. The van der Waals surface area contributed by atoms with Gasteiger partial charge in [-0.25, -0.2) is 0 Å². The molecule has 0 atom stereocenters. The smallest absolute Gasteiger partial charge is 0.255 e. The minimum Gasteiger partial charge on any atom is -0.339 e. The van der Waals surface area contributed by atoms with Gasteiger partial charge in [0.25, 0.3) is 5.91 Å². The summed E-state index contributed by atoms with van der Waals surface area (Å²) in [6, 6.07) is 14.4. The van der Waals surface area contributed by atoms with Crippen molar-refractivity contribution in [3.8, 4) is 0 Å². The Morgan fingerprint density at radius 3 is 2.68 bits per heavy atom. The summed E-state index contributed by atoms with van der Waals surface area (Å²) in [5.74, 6) is 0.0708. The van der Waals surface area contributed by atoms with E-state index in [1.54, 1.807) is 17.5 Å². The van der Waals surface area contributed by atoms with Crippen LogP contribution in [0.2, 0.25) is 0 Å². The number of likely N-dealkylation sites (tertiary alicyclic amines) is 1. The second-order valence-corrected chi connectivity index (χ2v) is 7.62. The molecular formula is C20H21N3OS. The summed E-state index contributed by atoms with van der Waals surface area (Å²) in [6.45, 7) is 2.07. The Kier molecular flexibility index (Phi) is 4.27. The number of thiophene rings is 1. The molecular weight excluding hydrogens is 330 g/mol. The van der Waals surface area contributed by atoms with Gasteiger partial charge in [-0.1, -0.05) is 30.3 Å². The lowest BCUT2D eigenvalue weighted by molar-refractivity contribution is 0.0669. The number of rotatable bonds is 3. The van der Waals surface area contributed by atoms with Gasteiger partial charge in [-0.15, -0.1) is 11.3 Å². The van der Waals surface area contributed by atoms with E-state index >= 15 is 0 Å². The molecule has 4 nitrogen and oxygen atoms in total. The van der Waals surface area contributed by atoms with Crippen LogP contribution >= 0.6 is 11.3 Å². The van der Waals surface area contributed by atoms with Gasteiger partial charge < -0.3 is 10.6 Å². The van der Waals surface area contributed by atoms with E-state index in [2.05, 4.69) is 29.2 Å². The molecule has 1 aliphatic heterocycles. The SMILES string of the molecule is NCC1(c2ccccc2)CCN(C(=O)c2cnc3ccsc3c2)CC1. The van der Waals surface area contributed by atoms with Gasteiger partial charge in [-0.3, -0.25) is 9.78 Å². The fourth-order valence-corrected chi connectivity index (χ4v) is 4.47. The van der Waals surface area contributed by atoms with Crippen molar-refractivity contribution in [2.24, 2.45) is 5.73 Å². The highest BCUT2D eigenvalue weighted by molar-refractivity contribution is 7.17. The van der Waals surface area contributed by atoms with Gasteiger partial charge in [0.2, 0.25) is 0 Å². The Labute approximate surface area is 151 Å². The van der Waals surface area contributed by atoms with Crippen LogP contribution in [0.1, 0.15) is 28.8 Å². The van der Waals surface area contributed by atoms with Gasteiger partial charge in [0.05, 0.1) is 15.8 Å². The molecule has 1 aromatic carbocycles. The Morgan fingerprint density at radius 1 is 1.20 bits per heavy atom. The zero-order valence-electron chi connectivity index (χ0n) is 14.0. The molecule has 0 aliphatic carbocycles. The number of carbonyl (C=O) groups excluding carboxylic acids is 1. The molecule has 2 N–H and O–H groups in total. The first-order valence-electron chi connectivity index (χ1n) is 8.60. The molecule has 128 valence electrons. The average Bonchev–Trinajstić information content (AvgIpc) is 3.16. The number of hydrogen-bond acceptors (Lipinski definition) is 4. The van der Waals surface area contributed by atoms with Crippen molar-refractivity contribution >= 4 is 27.5 Å². The van der Waals surface area contributed by atoms with Crippen molar-refractivity contribution in [2.75, 3.05) is 19.6 Å². The summed E-state index contributed by atoms with van der Waals surface area (Å²) in [5.41, 5.74) is 9.03. The summed E-state index contributed by atoms with van der Waals surface area (Å²) < 4.78 is 1.06. The van der Waals surface area contributed by atoms with Crippen LogP contribution in [0.3, 0.4) is 0 Å². The minimum atomic E-state index is -0.0198. The predicted molar refractivity (Wildman–Crippen MR) is 102 cm³/mol. The third-order valence-corrected chi connectivity index (χ3v) is 6.19. The summed E-state index contributed by atoms with van der Waals surface area (Å²) in [7, 11) is 0. The van der Waals surface area contributed by atoms with E-state index in [0.29, 0.717) is 12.1 Å². The molecule has 2 aromatic heterocycles. The molecule has 0 spiro atoms. The lowest BCUT2D eigenvalue weighted by atomic mass is 9.73. The van der Waals surface area contributed by atoms with Crippen LogP contribution in [-0.2, 0) is 5.41 Å². The van der Waals surface area contributed by atoms with E-state index in [-0.39, 0.29) is 11.3 Å². The fourth-order valence-electron chi connectivity index (χ4n) is 3.69. The Morgan fingerprint density at radius 2 is 1.96 bits per heavy atom. The van der Waals surface area contributed by atoms with Crippen LogP contribution in [-0.4, -0.2) is 35.4 Å². The molecule has 25 heavy (non-hydrogen) atoms. The molecule has 0 radical (unpaired) electrons. The number of hydrogen-bond donors (Lipinski definition) is 1. The van der Waals surface area contributed by atoms with Gasteiger partial charge >= 0.3 is 0 Å².